The van der Waals surface area contributed by atoms with E-state index in [-0.39, 0.29) is 5.56 Å². The summed E-state index contributed by atoms with van der Waals surface area (Å²) in [5, 5.41) is 2.98. The Morgan fingerprint density at radius 3 is 2.45 bits per heavy atom. The predicted molar refractivity (Wildman–Crippen MR) is 71.9 cm³/mol. The predicted octanol–water partition coefficient (Wildman–Crippen LogP) is 4.85. The van der Waals surface area contributed by atoms with Gasteiger partial charge in [0.05, 0.1) is 5.56 Å². The minimum atomic E-state index is -4.50. The lowest BCUT2D eigenvalue weighted by Crippen LogP contribution is -2.24. The first-order chi connectivity index (χ1) is 9.29. The second-order valence-corrected chi connectivity index (χ2v) is 4.65. The van der Waals surface area contributed by atoms with Crippen molar-refractivity contribution >= 4 is 0 Å². The maximum Gasteiger partial charge on any atom is 0.416 e. The summed E-state index contributed by atoms with van der Waals surface area (Å²) in [6.45, 7) is 8.01. The molecule has 1 rings (SSSR count). The first kappa shape index (κ1) is 16.7. The van der Waals surface area contributed by atoms with Gasteiger partial charge in [-0.3, -0.25) is 0 Å². The van der Waals surface area contributed by atoms with Gasteiger partial charge in [0, 0.05) is 6.04 Å². The molecule has 20 heavy (non-hydrogen) atoms. The fraction of sp³-hybridized carbons (Fsp3) is 0.467. The summed E-state index contributed by atoms with van der Waals surface area (Å²) in [4.78, 5) is 0. The first-order valence-corrected chi connectivity index (χ1v) is 6.56. The summed E-state index contributed by atoms with van der Waals surface area (Å²) in [6.07, 6.45) is -3.46. The lowest BCUT2D eigenvalue weighted by molar-refractivity contribution is -0.138. The molecule has 1 unspecified atom stereocenters. The van der Waals surface area contributed by atoms with E-state index in [1.165, 1.54) is 0 Å². The number of rotatable bonds is 6. The van der Waals surface area contributed by atoms with Gasteiger partial charge in [0.25, 0.3) is 0 Å². The molecule has 0 radical (unpaired) electrons. The van der Waals surface area contributed by atoms with Crippen molar-refractivity contribution in [3.63, 3.8) is 0 Å². The normalized spacial score (nSPS) is 13.3. The summed E-state index contributed by atoms with van der Waals surface area (Å²) in [5.74, 6) is -0.669. The minimum absolute atomic E-state index is 0.0612. The van der Waals surface area contributed by atoms with Crippen LogP contribution in [0.1, 0.15) is 43.9 Å². The van der Waals surface area contributed by atoms with Gasteiger partial charge in [0.1, 0.15) is 5.82 Å². The second-order valence-electron chi connectivity index (χ2n) is 4.65. The van der Waals surface area contributed by atoms with Crippen LogP contribution in [0.3, 0.4) is 0 Å². The van der Waals surface area contributed by atoms with E-state index < -0.39 is 23.6 Å². The summed E-state index contributed by atoms with van der Waals surface area (Å²) in [7, 11) is 0. The van der Waals surface area contributed by atoms with Crippen LogP contribution in [-0.2, 0) is 6.18 Å². The Morgan fingerprint density at radius 2 is 1.95 bits per heavy atom. The van der Waals surface area contributed by atoms with Crippen LogP contribution < -0.4 is 5.32 Å². The maximum atomic E-state index is 13.3. The molecule has 0 aliphatic carbocycles. The van der Waals surface area contributed by atoms with Crippen molar-refractivity contribution in [2.75, 3.05) is 6.54 Å². The molecule has 0 aromatic heterocycles. The number of benzene rings is 1. The third-order valence-corrected chi connectivity index (χ3v) is 3.14. The number of hydrogen-bond acceptors (Lipinski definition) is 1. The first-order valence-electron chi connectivity index (χ1n) is 6.56. The molecular weight excluding hydrogens is 270 g/mol. The molecule has 0 fully saturated rings. The Bertz CT molecular complexity index is 465. The van der Waals surface area contributed by atoms with Crippen molar-refractivity contribution in [1.29, 1.82) is 0 Å². The molecule has 0 spiro atoms. The molecule has 5 heteroatoms. The highest BCUT2D eigenvalue weighted by Crippen LogP contribution is 2.36. The molecule has 1 nitrogen and oxygen atoms in total. The van der Waals surface area contributed by atoms with Gasteiger partial charge in [0.2, 0.25) is 0 Å². The van der Waals surface area contributed by atoms with E-state index >= 15 is 0 Å². The number of nitrogens with one attached hydrogen (secondary N) is 1. The Hall–Kier alpha value is -1.36. The highest BCUT2D eigenvalue weighted by molar-refractivity contribution is 5.34. The van der Waals surface area contributed by atoms with Crippen molar-refractivity contribution in [3.05, 3.63) is 47.3 Å². The van der Waals surface area contributed by atoms with Gasteiger partial charge < -0.3 is 5.32 Å². The highest BCUT2D eigenvalue weighted by atomic mass is 19.4. The molecular formula is C15H19F4N. The molecule has 1 aromatic carbocycles. The van der Waals surface area contributed by atoms with Gasteiger partial charge in [-0.2, -0.15) is 13.2 Å². The molecule has 0 amide bonds. The van der Waals surface area contributed by atoms with Crippen LogP contribution in [0.15, 0.2) is 30.4 Å². The van der Waals surface area contributed by atoms with Crippen molar-refractivity contribution in [1.82, 2.24) is 5.32 Å². The van der Waals surface area contributed by atoms with Crippen LogP contribution >= 0.6 is 0 Å². The van der Waals surface area contributed by atoms with Crippen LogP contribution in [0.4, 0.5) is 17.6 Å². The molecule has 1 atom stereocenters. The smallest absolute Gasteiger partial charge is 0.310 e. The molecule has 0 aliphatic rings. The molecule has 0 aliphatic heterocycles. The average molecular weight is 289 g/mol. The van der Waals surface area contributed by atoms with Gasteiger partial charge >= 0.3 is 6.18 Å². The summed E-state index contributed by atoms with van der Waals surface area (Å²) >= 11 is 0. The van der Waals surface area contributed by atoms with Crippen LogP contribution in [0.5, 0.6) is 0 Å². The fourth-order valence-corrected chi connectivity index (χ4v) is 2.05. The third kappa shape index (κ3) is 4.34. The Morgan fingerprint density at radius 1 is 1.30 bits per heavy atom. The summed E-state index contributed by atoms with van der Waals surface area (Å²) < 4.78 is 52.4. The van der Waals surface area contributed by atoms with Crippen LogP contribution in [0, 0.1) is 5.82 Å². The van der Waals surface area contributed by atoms with E-state index in [9.17, 15) is 17.6 Å². The van der Waals surface area contributed by atoms with Gasteiger partial charge in [-0.05, 0) is 43.1 Å². The summed E-state index contributed by atoms with van der Waals surface area (Å²) in [6, 6.07) is 2.01. The molecule has 112 valence electrons. The molecule has 1 N–H and O–H groups in total. The van der Waals surface area contributed by atoms with E-state index in [4.69, 9.17) is 0 Å². The van der Waals surface area contributed by atoms with E-state index in [2.05, 4.69) is 11.9 Å². The maximum absolute atomic E-state index is 13.3. The van der Waals surface area contributed by atoms with Crippen molar-refractivity contribution in [2.24, 2.45) is 0 Å². The molecule has 0 saturated heterocycles. The monoisotopic (exact) mass is 289 g/mol. The molecule has 0 bridgehead atoms. The van der Waals surface area contributed by atoms with E-state index in [0.717, 1.165) is 23.8 Å². The topological polar surface area (TPSA) is 12.0 Å². The van der Waals surface area contributed by atoms with Crippen molar-refractivity contribution in [2.45, 2.75) is 38.9 Å². The molecule has 0 heterocycles. The van der Waals surface area contributed by atoms with Crippen molar-refractivity contribution < 1.29 is 17.6 Å². The van der Waals surface area contributed by atoms with E-state index in [0.29, 0.717) is 19.4 Å². The molecule has 0 saturated carbocycles. The standard InChI is InChI=1S/C15H19F4N/c1-4-10(3)8-14(20-5-2)12-9-11(16)6-7-13(12)15(17,18)19/h6-7,9,14,20H,3-5,8H2,1-2H3. The molecule has 1 aromatic rings. The average Bonchev–Trinajstić information content (AvgIpc) is 2.36. The van der Waals surface area contributed by atoms with Gasteiger partial charge in [-0.15, -0.1) is 0 Å². The Labute approximate surface area is 116 Å². The zero-order valence-corrected chi connectivity index (χ0v) is 11.6. The third-order valence-electron chi connectivity index (χ3n) is 3.14. The van der Waals surface area contributed by atoms with Gasteiger partial charge in [-0.1, -0.05) is 26.0 Å². The highest BCUT2D eigenvalue weighted by Gasteiger charge is 2.35. The van der Waals surface area contributed by atoms with E-state index in [1.807, 2.05) is 6.92 Å². The largest absolute Gasteiger partial charge is 0.416 e. The Balaban J connectivity index is 3.23. The van der Waals surface area contributed by atoms with E-state index in [1.54, 1.807) is 6.92 Å². The lowest BCUT2D eigenvalue weighted by Gasteiger charge is -2.23. The summed E-state index contributed by atoms with van der Waals surface area (Å²) in [5.41, 5.74) is -0.0314. The fourth-order valence-electron chi connectivity index (χ4n) is 2.05. The number of hydrogen-bond donors (Lipinski definition) is 1. The van der Waals surface area contributed by atoms with Gasteiger partial charge in [0.15, 0.2) is 0 Å². The zero-order valence-electron chi connectivity index (χ0n) is 11.6. The quantitative estimate of drug-likeness (QED) is 0.583. The van der Waals surface area contributed by atoms with Crippen LogP contribution in [0.25, 0.3) is 0 Å². The van der Waals surface area contributed by atoms with Crippen molar-refractivity contribution in [3.8, 4) is 0 Å². The zero-order chi connectivity index (χ0) is 15.3. The lowest BCUT2D eigenvalue weighted by atomic mass is 9.94. The van der Waals surface area contributed by atoms with Gasteiger partial charge in [-0.25, -0.2) is 4.39 Å². The number of halogens is 4. The second kappa shape index (κ2) is 6.88. The van der Waals surface area contributed by atoms with Crippen LogP contribution in [-0.4, -0.2) is 6.54 Å². The van der Waals surface area contributed by atoms with Crippen LogP contribution in [0.2, 0.25) is 0 Å². The minimum Gasteiger partial charge on any atom is -0.310 e. The number of alkyl halides is 3. The Kier molecular flexibility index (Phi) is 5.74. The SMILES string of the molecule is C=C(CC)CC(NCC)c1cc(F)ccc1C(F)(F)F.